The maximum absolute atomic E-state index is 13.0. The smallest absolute Gasteiger partial charge is 0.244 e. The number of rotatable bonds is 4. The van der Waals surface area contributed by atoms with Gasteiger partial charge in [0.2, 0.25) is 10.0 Å². The molecular formula is C21H21BrClN3O2S2. The molecule has 0 bridgehead atoms. The Morgan fingerprint density at radius 3 is 2.33 bits per heavy atom. The van der Waals surface area contributed by atoms with Crippen molar-refractivity contribution < 1.29 is 8.42 Å². The molecule has 1 aliphatic rings. The normalized spacial score (nSPS) is 15.5. The highest BCUT2D eigenvalue weighted by Gasteiger charge is 2.31. The fraction of sp³-hybridized carbons (Fsp3) is 0.286. The average molecular weight is 527 g/mol. The molecule has 0 saturated carbocycles. The van der Waals surface area contributed by atoms with E-state index in [1.54, 1.807) is 29.5 Å². The summed E-state index contributed by atoms with van der Waals surface area (Å²) in [6.45, 7) is 6.14. The largest absolute Gasteiger partial charge is 0.345 e. The number of anilines is 1. The summed E-state index contributed by atoms with van der Waals surface area (Å²) in [6.07, 6.45) is 0. The summed E-state index contributed by atoms with van der Waals surface area (Å²) < 4.78 is 28.3. The molecule has 2 heterocycles. The van der Waals surface area contributed by atoms with Gasteiger partial charge >= 0.3 is 0 Å². The Morgan fingerprint density at radius 2 is 1.70 bits per heavy atom. The first-order valence-electron chi connectivity index (χ1n) is 9.48. The van der Waals surface area contributed by atoms with Gasteiger partial charge in [-0.2, -0.15) is 4.31 Å². The van der Waals surface area contributed by atoms with E-state index in [9.17, 15) is 8.42 Å². The van der Waals surface area contributed by atoms with Crippen LogP contribution in [0.1, 0.15) is 11.1 Å². The van der Waals surface area contributed by atoms with Crippen molar-refractivity contribution in [2.24, 2.45) is 0 Å². The second-order valence-corrected chi connectivity index (χ2v) is 11.4. The highest BCUT2D eigenvalue weighted by atomic mass is 79.9. The Balaban J connectivity index is 1.48. The molecule has 5 nitrogen and oxygen atoms in total. The van der Waals surface area contributed by atoms with Crippen molar-refractivity contribution in [3.05, 3.63) is 62.4 Å². The van der Waals surface area contributed by atoms with Gasteiger partial charge in [0.05, 0.1) is 10.7 Å². The van der Waals surface area contributed by atoms with Crippen molar-refractivity contribution in [3.8, 4) is 11.3 Å². The second kappa shape index (κ2) is 8.59. The number of nitrogens with zero attached hydrogens (tertiary/aromatic N) is 3. The zero-order valence-electron chi connectivity index (χ0n) is 16.6. The minimum Gasteiger partial charge on any atom is -0.345 e. The van der Waals surface area contributed by atoms with E-state index in [4.69, 9.17) is 16.6 Å². The van der Waals surface area contributed by atoms with E-state index in [1.807, 2.05) is 0 Å². The lowest BCUT2D eigenvalue weighted by Gasteiger charge is -2.33. The number of halogens is 2. The van der Waals surface area contributed by atoms with Crippen LogP contribution < -0.4 is 4.90 Å². The van der Waals surface area contributed by atoms with E-state index in [0.717, 1.165) is 20.9 Å². The van der Waals surface area contributed by atoms with Gasteiger partial charge in [-0.05, 0) is 44.2 Å². The van der Waals surface area contributed by atoms with E-state index in [1.165, 1.54) is 15.4 Å². The molecule has 1 fully saturated rings. The zero-order chi connectivity index (χ0) is 21.5. The molecule has 158 valence electrons. The third kappa shape index (κ3) is 4.43. The van der Waals surface area contributed by atoms with Gasteiger partial charge in [-0.25, -0.2) is 13.4 Å². The highest BCUT2D eigenvalue weighted by molar-refractivity contribution is 9.10. The molecule has 30 heavy (non-hydrogen) atoms. The molecule has 0 spiro atoms. The van der Waals surface area contributed by atoms with Crippen LogP contribution in [-0.2, 0) is 10.0 Å². The maximum Gasteiger partial charge on any atom is 0.244 e. The monoisotopic (exact) mass is 525 g/mol. The molecule has 0 aliphatic carbocycles. The van der Waals surface area contributed by atoms with Gasteiger partial charge in [-0.15, -0.1) is 11.3 Å². The molecule has 0 N–H and O–H groups in total. The molecule has 3 aromatic rings. The third-order valence-electron chi connectivity index (χ3n) is 5.03. The number of hydrogen-bond donors (Lipinski definition) is 0. The molecule has 0 amide bonds. The molecule has 9 heteroatoms. The Kier molecular flexibility index (Phi) is 6.23. The predicted octanol–water partition coefficient (Wildman–Crippen LogP) is 5.35. The Bertz CT molecular complexity index is 1170. The summed E-state index contributed by atoms with van der Waals surface area (Å²) in [5, 5.41) is 3.21. The molecule has 0 atom stereocenters. The lowest BCUT2D eigenvalue weighted by molar-refractivity contribution is 0.385. The first-order valence-corrected chi connectivity index (χ1v) is 13.0. The standard InChI is InChI=1S/C21H21BrClN3O2S2/c1-14-9-15(2)11-16(10-14)19-13-29-21(24-19)25-5-7-26(8-6-25)30(27,28)20-4-3-17(22)12-18(20)23/h3-4,9-13H,5-8H2,1-2H3. The van der Waals surface area contributed by atoms with Crippen LogP contribution in [0.5, 0.6) is 0 Å². The third-order valence-corrected chi connectivity index (χ3v) is 8.81. The quantitative estimate of drug-likeness (QED) is 0.460. The minimum atomic E-state index is -3.63. The van der Waals surface area contributed by atoms with Gasteiger partial charge in [0.1, 0.15) is 4.90 Å². The van der Waals surface area contributed by atoms with E-state index in [-0.39, 0.29) is 9.92 Å². The van der Waals surface area contributed by atoms with Crippen molar-refractivity contribution >= 4 is 54.0 Å². The van der Waals surface area contributed by atoms with Gasteiger partial charge in [0.25, 0.3) is 0 Å². The van der Waals surface area contributed by atoms with Crippen molar-refractivity contribution in [1.82, 2.24) is 9.29 Å². The Morgan fingerprint density at radius 1 is 1.03 bits per heavy atom. The Labute approximate surface area is 194 Å². The van der Waals surface area contributed by atoms with Gasteiger partial charge < -0.3 is 4.90 Å². The van der Waals surface area contributed by atoms with E-state index in [0.29, 0.717) is 26.2 Å². The molecule has 1 aliphatic heterocycles. The zero-order valence-corrected chi connectivity index (χ0v) is 20.6. The van der Waals surface area contributed by atoms with Crippen LogP contribution in [0.2, 0.25) is 5.02 Å². The molecule has 1 aromatic heterocycles. The predicted molar refractivity (Wildman–Crippen MR) is 127 cm³/mol. The lowest BCUT2D eigenvalue weighted by Crippen LogP contribution is -2.48. The van der Waals surface area contributed by atoms with Crippen molar-refractivity contribution in [2.45, 2.75) is 18.7 Å². The van der Waals surface area contributed by atoms with Crippen LogP contribution in [0.25, 0.3) is 11.3 Å². The molecule has 0 radical (unpaired) electrons. The number of aromatic nitrogens is 1. The van der Waals surface area contributed by atoms with Crippen LogP contribution in [-0.4, -0.2) is 43.9 Å². The molecule has 0 unspecified atom stereocenters. The number of benzene rings is 2. The van der Waals surface area contributed by atoms with Crippen molar-refractivity contribution in [2.75, 3.05) is 31.1 Å². The van der Waals surface area contributed by atoms with E-state index < -0.39 is 10.0 Å². The van der Waals surface area contributed by atoms with E-state index >= 15 is 0 Å². The number of hydrogen-bond acceptors (Lipinski definition) is 5. The number of piperazine rings is 1. The highest BCUT2D eigenvalue weighted by Crippen LogP contribution is 2.31. The number of thiazole rings is 1. The van der Waals surface area contributed by atoms with Crippen LogP contribution >= 0.6 is 38.9 Å². The SMILES string of the molecule is Cc1cc(C)cc(-c2csc(N3CCN(S(=O)(=O)c4ccc(Br)cc4Cl)CC3)n2)c1. The molecule has 4 rings (SSSR count). The van der Waals surface area contributed by atoms with Crippen molar-refractivity contribution in [1.29, 1.82) is 0 Å². The van der Waals surface area contributed by atoms with Crippen LogP contribution in [0.15, 0.2) is 51.1 Å². The van der Waals surface area contributed by atoms with Crippen molar-refractivity contribution in [3.63, 3.8) is 0 Å². The summed E-state index contributed by atoms with van der Waals surface area (Å²) in [6, 6.07) is 11.3. The van der Waals surface area contributed by atoms with Gasteiger partial charge in [0.15, 0.2) is 5.13 Å². The second-order valence-electron chi connectivity index (χ2n) is 7.36. The fourth-order valence-electron chi connectivity index (χ4n) is 3.61. The van der Waals surface area contributed by atoms with Gasteiger partial charge in [-0.1, -0.05) is 44.7 Å². The summed E-state index contributed by atoms with van der Waals surface area (Å²) in [4.78, 5) is 7.10. The summed E-state index contributed by atoms with van der Waals surface area (Å²) in [7, 11) is -3.63. The first-order chi connectivity index (χ1) is 14.2. The first kappa shape index (κ1) is 21.8. The molecule has 2 aromatic carbocycles. The molecule has 1 saturated heterocycles. The fourth-order valence-corrected chi connectivity index (χ4v) is 6.93. The molecular weight excluding hydrogens is 506 g/mol. The number of aryl methyl sites for hydroxylation is 2. The van der Waals surface area contributed by atoms with Crippen LogP contribution in [0.4, 0.5) is 5.13 Å². The van der Waals surface area contributed by atoms with Gasteiger partial charge in [0, 0.05) is 41.6 Å². The van der Waals surface area contributed by atoms with Crippen LogP contribution in [0, 0.1) is 13.8 Å². The average Bonchev–Trinajstić information content (AvgIpc) is 3.17. The summed E-state index contributed by atoms with van der Waals surface area (Å²) >= 11 is 11.1. The summed E-state index contributed by atoms with van der Waals surface area (Å²) in [5.74, 6) is 0. The van der Waals surface area contributed by atoms with Gasteiger partial charge in [-0.3, -0.25) is 0 Å². The minimum absolute atomic E-state index is 0.146. The summed E-state index contributed by atoms with van der Waals surface area (Å²) in [5.41, 5.74) is 4.49. The number of sulfonamides is 1. The van der Waals surface area contributed by atoms with E-state index in [2.05, 4.69) is 58.3 Å². The van der Waals surface area contributed by atoms with Crippen LogP contribution in [0.3, 0.4) is 0 Å². The lowest BCUT2D eigenvalue weighted by atomic mass is 10.1. The maximum atomic E-state index is 13.0. The Hall–Kier alpha value is -1.45. The topological polar surface area (TPSA) is 53.5 Å².